The number of thiocarbonyl (C=S) groups is 1. The van der Waals surface area contributed by atoms with Crippen molar-refractivity contribution < 1.29 is 4.79 Å². The van der Waals surface area contributed by atoms with Gasteiger partial charge in [-0.1, -0.05) is 48.0 Å². The molecule has 0 aliphatic rings. The van der Waals surface area contributed by atoms with Gasteiger partial charge >= 0.3 is 0 Å². The fraction of sp³-hybridized carbons (Fsp3) is 0.200. The molecule has 0 saturated heterocycles. The highest BCUT2D eigenvalue weighted by Gasteiger charge is 2.10. The minimum absolute atomic E-state index is 0.137. The highest BCUT2D eigenvalue weighted by atomic mass is 35.5. The van der Waals surface area contributed by atoms with Crippen molar-refractivity contribution in [2.24, 2.45) is 0 Å². The predicted molar refractivity (Wildman–Crippen MR) is 107 cm³/mol. The molecule has 2 N–H and O–H groups in total. The van der Waals surface area contributed by atoms with Crippen LogP contribution in [0.4, 0.5) is 0 Å². The first-order valence-electron chi connectivity index (χ1n) is 7.20. The summed E-state index contributed by atoms with van der Waals surface area (Å²) in [5, 5.41) is 12.4. The van der Waals surface area contributed by atoms with Crippen molar-refractivity contribution in [1.82, 2.24) is 20.2 Å². The average Bonchev–Trinajstić information content (AvgIpc) is 2.87. The van der Waals surface area contributed by atoms with E-state index in [-0.39, 0.29) is 11.0 Å². The number of halogens is 2. The topological polar surface area (TPSA) is 71.8 Å². The molecule has 6 nitrogen and oxygen atoms in total. The van der Waals surface area contributed by atoms with Crippen LogP contribution in [-0.4, -0.2) is 31.6 Å². The molecule has 1 aromatic carbocycles. The Labute approximate surface area is 165 Å². The fourth-order valence-electron chi connectivity index (χ4n) is 1.78. The molecule has 0 bridgehead atoms. The van der Waals surface area contributed by atoms with Crippen LogP contribution in [0.5, 0.6) is 0 Å². The van der Waals surface area contributed by atoms with Gasteiger partial charge in [-0.2, -0.15) is 0 Å². The molecule has 25 heavy (non-hydrogen) atoms. The number of aryl methyl sites for hydroxylation is 1. The molecule has 0 spiro atoms. The zero-order valence-corrected chi connectivity index (χ0v) is 16.6. The minimum atomic E-state index is -0.390. The van der Waals surface area contributed by atoms with Gasteiger partial charge in [0.05, 0.1) is 0 Å². The fourth-order valence-corrected chi connectivity index (χ4v) is 3.11. The number of carbonyl (C=O) groups is 1. The molecule has 0 aliphatic carbocycles. The number of hydrogen-bond acceptors (Lipinski definition) is 5. The molecule has 1 aromatic heterocycles. The molecule has 0 unspecified atom stereocenters. The second-order valence-corrected chi connectivity index (χ2v) is 7.21. The van der Waals surface area contributed by atoms with Gasteiger partial charge in [-0.15, -0.1) is 10.2 Å². The van der Waals surface area contributed by atoms with Crippen molar-refractivity contribution in [1.29, 1.82) is 0 Å². The molecule has 2 aromatic rings. The van der Waals surface area contributed by atoms with Gasteiger partial charge in [-0.3, -0.25) is 15.5 Å². The summed E-state index contributed by atoms with van der Waals surface area (Å²) in [6, 6.07) is 5.02. The number of hydrogen-bond donors (Lipinski definition) is 2. The predicted octanol–water partition coefficient (Wildman–Crippen LogP) is 3.66. The Kier molecular flexibility index (Phi) is 7.24. The summed E-state index contributed by atoms with van der Waals surface area (Å²) in [4.78, 5) is 12.0. The first kappa shape index (κ1) is 19.7. The number of benzene rings is 1. The molecule has 1 heterocycles. The van der Waals surface area contributed by atoms with Crippen molar-refractivity contribution in [3.05, 3.63) is 45.7 Å². The quantitative estimate of drug-likeness (QED) is 0.440. The Morgan fingerprint density at radius 3 is 2.84 bits per heavy atom. The van der Waals surface area contributed by atoms with Gasteiger partial charge in [0.1, 0.15) is 5.82 Å². The summed E-state index contributed by atoms with van der Waals surface area (Å²) in [6.07, 6.45) is 2.92. The standard InChI is InChI=1S/C15H15Cl2N5OS2/c1-3-25-15-20-19-9(2)22(15)21-14(24)18-13(23)7-5-10-4-6-11(16)8-12(10)17/h4-8H,3H2,1-2H3,(H2,18,21,23,24). The summed E-state index contributed by atoms with van der Waals surface area (Å²) in [6.45, 7) is 3.79. The van der Waals surface area contributed by atoms with E-state index in [0.29, 0.717) is 26.6 Å². The van der Waals surface area contributed by atoms with Crippen molar-refractivity contribution in [2.45, 2.75) is 19.0 Å². The molecule has 0 saturated carbocycles. The first-order valence-corrected chi connectivity index (χ1v) is 9.35. The van der Waals surface area contributed by atoms with E-state index in [1.807, 2.05) is 6.92 Å². The Hall–Kier alpha value is -1.61. The molecular formula is C15H15Cl2N5OS2. The lowest BCUT2D eigenvalue weighted by atomic mass is 10.2. The molecule has 0 atom stereocenters. The van der Waals surface area contributed by atoms with Crippen LogP contribution in [-0.2, 0) is 4.79 Å². The second kappa shape index (κ2) is 9.19. The summed E-state index contributed by atoms with van der Waals surface area (Å²) < 4.78 is 1.62. The summed E-state index contributed by atoms with van der Waals surface area (Å²) >= 11 is 18.5. The van der Waals surface area contributed by atoms with E-state index in [4.69, 9.17) is 35.4 Å². The van der Waals surface area contributed by atoms with Crippen molar-refractivity contribution in [2.75, 3.05) is 11.2 Å². The van der Waals surface area contributed by atoms with Crippen LogP contribution in [0.25, 0.3) is 6.08 Å². The van der Waals surface area contributed by atoms with Crippen LogP contribution in [0.2, 0.25) is 10.0 Å². The summed E-state index contributed by atoms with van der Waals surface area (Å²) in [7, 11) is 0. The normalized spacial score (nSPS) is 10.9. The lowest BCUT2D eigenvalue weighted by Crippen LogP contribution is -2.37. The third-order valence-corrected chi connectivity index (χ3v) is 4.46. The average molecular weight is 416 g/mol. The van der Waals surface area contributed by atoms with Gasteiger partial charge in [0.15, 0.2) is 5.11 Å². The van der Waals surface area contributed by atoms with Crippen LogP contribution in [0.3, 0.4) is 0 Å². The summed E-state index contributed by atoms with van der Waals surface area (Å²) in [5.41, 5.74) is 3.56. The molecule has 2 rings (SSSR count). The van der Waals surface area contributed by atoms with E-state index < -0.39 is 0 Å². The van der Waals surface area contributed by atoms with E-state index in [1.54, 1.807) is 35.9 Å². The van der Waals surface area contributed by atoms with E-state index >= 15 is 0 Å². The van der Waals surface area contributed by atoms with Gasteiger partial charge in [0.25, 0.3) is 0 Å². The number of thioether (sulfide) groups is 1. The highest BCUT2D eigenvalue weighted by Crippen LogP contribution is 2.21. The Bertz CT molecular complexity index is 822. The maximum atomic E-state index is 12.0. The number of nitrogens with one attached hydrogen (secondary N) is 2. The number of amides is 1. The SMILES string of the molecule is CCSc1nnc(C)n1NC(=S)NC(=O)C=Cc1ccc(Cl)cc1Cl. The van der Waals surface area contributed by atoms with Gasteiger partial charge < -0.3 is 0 Å². The van der Waals surface area contributed by atoms with Crippen LogP contribution in [0.15, 0.2) is 29.4 Å². The van der Waals surface area contributed by atoms with Crippen molar-refractivity contribution in [3.8, 4) is 0 Å². The van der Waals surface area contributed by atoms with Crippen LogP contribution in [0, 0.1) is 6.92 Å². The lowest BCUT2D eigenvalue weighted by Gasteiger charge is -2.11. The van der Waals surface area contributed by atoms with Crippen molar-refractivity contribution in [3.63, 3.8) is 0 Å². The van der Waals surface area contributed by atoms with Gasteiger partial charge in [-0.05, 0) is 48.7 Å². The molecule has 0 aliphatic heterocycles. The Balaban J connectivity index is 1.97. The third kappa shape index (κ3) is 5.71. The van der Waals surface area contributed by atoms with Crippen LogP contribution in [0.1, 0.15) is 18.3 Å². The van der Waals surface area contributed by atoms with E-state index in [0.717, 1.165) is 5.75 Å². The zero-order valence-electron chi connectivity index (χ0n) is 13.4. The van der Waals surface area contributed by atoms with Gasteiger partial charge in [0, 0.05) is 16.1 Å². The summed E-state index contributed by atoms with van der Waals surface area (Å²) in [5.74, 6) is 1.08. The molecule has 10 heteroatoms. The minimum Gasteiger partial charge on any atom is -0.298 e. The number of aromatic nitrogens is 3. The Morgan fingerprint density at radius 2 is 2.16 bits per heavy atom. The first-order chi connectivity index (χ1) is 11.9. The molecule has 1 amide bonds. The second-order valence-electron chi connectivity index (χ2n) is 4.73. The van der Waals surface area contributed by atoms with E-state index in [1.165, 1.54) is 17.8 Å². The Morgan fingerprint density at radius 1 is 1.40 bits per heavy atom. The molecule has 0 radical (unpaired) electrons. The molecule has 132 valence electrons. The smallest absolute Gasteiger partial charge is 0.250 e. The van der Waals surface area contributed by atoms with Crippen LogP contribution >= 0.6 is 47.2 Å². The zero-order chi connectivity index (χ0) is 18.4. The largest absolute Gasteiger partial charge is 0.298 e. The molecule has 0 fully saturated rings. The lowest BCUT2D eigenvalue weighted by molar-refractivity contribution is -0.115. The van der Waals surface area contributed by atoms with E-state index in [2.05, 4.69) is 20.9 Å². The third-order valence-electron chi connectivity index (χ3n) is 2.90. The molecular weight excluding hydrogens is 401 g/mol. The number of rotatable bonds is 5. The highest BCUT2D eigenvalue weighted by molar-refractivity contribution is 7.99. The number of nitrogens with zero attached hydrogens (tertiary/aromatic N) is 3. The maximum Gasteiger partial charge on any atom is 0.250 e. The van der Waals surface area contributed by atoms with Gasteiger partial charge in [-0.25, -0.2) is 4.68 Å². The van der Waals surface area contributed by atoms with Gasteiger partial charge in [0.2, 0.25) is 11.1 Å². The van der Waals surface area contributed by atoms with E-state index in [9.17, 15) is 4.79 Å². The maximum absolute atomic E-state index is 12.0. The van der Waals surface area contributed by atoms with Crippen LogP contribution < -0.4 is 10.7 Å². The number of carbonyl (C=O) groups excluding carboxylic acids is 1. The van der Waals surface area contributed by atoms with Crippen molar-refractivity contribution >= 4 is 64.3 Å². The monoisotopic (exact) mass is 415 g/mol.